The van der Waals surface area contributed by atoms with Gasteiger partial charge in [-0.3, -0.25) is 4.98 Å². The maximum Gasteiger partial charge on any atom is 0.0315 e. The first-order chi connectivity index (χ1) is 7.24. The van der Waals surface area contributed by atoms with Gasteiger partial charge in [0, 0.05) is 25.0 Å². The topological polar surface area (TPSA) is 24.9 Å². The van der Waals surface area contributed by atoms with Crippen molar-refractivity contribution >= 4 is 0 Å². The molecule has 0 amide bonds. The fourth-order valence-electron chi connectivity index (χ4n) is 1.44. The summed E-state index contributed by atoms with van der Waals surface area (Å²) in [6, 6.07) is 2.58. The molecule has 1 unspecified atom stereocenters. The van der Waals surface area contributed by atoms with E-state index in [1.54, 1.807) is 0 Å². The molecule has 1 N–H and O–H groups in total. The van der Waals surface area contributed by atoms with Gasteiger partial charge in [0.15, 0.2) is 0 Å². The number of hydrogen-bond acceptors (Lipinski definition) is 2. The summed E-state index contributed by atoms with van der Waals surface area (Å²) in [5.74, 6) is 0. The lowest BCUT2D eigenvalue weighted by molar-refractivity contribution is 0.517. The van der Waals surface area contributed by atoms with Crippen LogP contribution in [0.2, 0.25) is 0 Å². The average Bonchev–Trinajstić information content (AvgIpc) is 2.25. The molecule has 0 spiro atoms. The highest BCUT2D eigenvalue weighted by Gasteiger charge is 2.01. The molecule has 82 valence electrons. The third kappa shape index (κ3) is 4.26. The predicted octanol–water partition coefficient (Wildman–Crippen LogP) is 2.83. The van der Waals surface area contributed by atoms with Gasteiger partial charge in [-0.1, -0.05) is 6.08 Å². The van der Waals surface area contributed by atoms with Gasteiger partial charge < -0.3 is 5.32 Å². The molecule has 1 rings (SSSR count). The van der Waals surface area contributed by atoms with Crippen molar-refractivity contribution in [3.63, 3.8) is 0 Å². The Morgan fingerprint density at radius 2 is 2.40 bits per heavy atom. The van der Waals surface area contributed by atoms with Crippen LogP contribution >= 0.6 is 0 Å². The lowest BCUT2D eigenvalue weighted by Crippen LogP contribution is -2.25. The molecule has 2 heteroatoms. The molecule has 1 aromatic rings. The van der Waals surface area contributed by atoms with Crippen LogP contribution in [0.3, 0.4) is 0 Å². The van der Waals surface area contributed by atoms with Gasteiger partial charge in [0.2, 0.25) is 0 Å². The molecule has 0 aliphatic rings. The van der Waals surface area contributed by atoms with Gasteiger partial charge in [-0.2, -0.15) is 0 Å². The Hall–Kier alpha value is -1.15. The third-order valence-electron chi connectivity index (χ3n) is 2.59. The minimum Gasteiger partial charge on any atom is -0.310 e. The van der Waals surface area contributed by atoms with Crippen LogP contribution in [0.5, 0.6) is 0 Å². The van der Waals surface area contributed by atoms with Crippen molar-refractivity contribution in [1.82, 2.24) is 10.3 Å². The van der Waals surface area contributed by atoms with E-state index in [1.165, 1.54) is 11.1 Å². The molecule has 0 radical (unpaired) electrons. The minimum absolute atomic E-state index is 0.530. The Labute approximate surface area is 92.4 Å². The van der Waals surface area contributed by atoms with Gasteiger partial charge in [-0.15, -0.1) is 6.58 Å². The second-order valence-corrected chi connectivity index (χ2v) is 3.95. The van der Waals surface area contributed by atoms with Gasteiger partial charge in [0.05, 0.1) is 0 Å². The van der Waals surface area contributed by atoms with Gasteiger partial charge in [-0.05, 0) is 43.9 Å². The number of aryl methyl sites for hydroxylation is 1. The summed E-state index contributed by atoms with van der Waals surface area (Å²) in [5, 5.41) is 3.49. The van der Waals surface area contributed by atoms with Gasteiger partial charge in [0.1, 0.15) is 0 Å². The molecule has 0 aliphatic carbocycles. The van der Waals surface area contributed by atoms with Crippen LogP contribution in [0.25, 0.3) is 0 Å². The van der Waals surface area contributed by atoms with E-state index in [9.17, 15) is 0 Å². The largest absolute Gasteiger partial charge is 0.310 e. The van der Waals surface area contributed by atoms with E-state index in [1.807, 2.05) is 24.5 Å². The SMILES string of the molecule is C=CCCC(C)NCc1cnccc1C. The van der Waals surface area contributed by atoms with Crippen molar-refractivity contribution in [1.29, 1.82) is 0 Å². The van der Waals surface area contributed by atoms with Crippen LogP contribution in [0.15, 0.2) is 31.1 Å². The van der Waals surface area contributed by atoms with Crippen LogP contribution in [0, 0.1) is 6.92 Å². The van der Waals surface area contributed by atoms with E-state index in [4.69, 9.17) is 0 Å². The van der Waals surface area contributed by atoms with E-state index in [0.29, 0.717) is 6.04 Å². The van der Waals surface area contributed by atoms with Crippen molar-refractivity contribution in [3.8, 4) is 0 Å². The number of nitrogens with zero attached hydrogens (tertiary/aromatic N) is 1. The summed E-state index contributed by atoms with van der Waals surface area (Å²) in [5.41, 5.74) is 2.58. The highest BCUT2D eigenvalue weighted by molar-refractivity contribution is 5.21. The highest BCUT2D eigenvalue weighted by atomic mass is 14.9. The van der Waals surface area contributed by atoms with Crippen molar-refractivity contribution in [2.45, 2.75) is 39.3 Å². The fraction of sp³-hybridized carbons (Fsp3) is 0.462. The first-order valence-corrected chi connectivity index (χ1v) is 5.47. The molecule has 15 heavy (non-hydrogen) atoms. The Bertz CT molecular complexity index is 307. The van der Waals surface area contributed by atoms with Crippen molar-refractivity contribution < 1.29 is 0 Å². The summed E-state index contributed by atoms with van der Waals surface area (Å²) in [6.07, 6.45) is 7.94. The average molecular weight is 204 g/mol. The molecular formula is C13H20N2. The maximum absolute atomic E-state index is 4.13. The fourth-order valence-corrected chi connectivity index (χ4v) is 1.44. The molecular weight excluding hydrogens is 184 g/mol. The molecule has 0 aliphatic heterocycles. The lowest BCUT2D eigenvalue weighted by atomic mass is 10.1. The van der Waals surface area contributed by atoms with Crippen LogP contribution in [0.4, 0.5) is 0 Å². The van der Waals surface area contributed by atoms with Gasteiger partial charge in [-0.25, -0.2) is 0 Å². The first kappa shape index (κ1) is 11.9. The molecule has 0 saturated carbocycles. The number of aromatic nitrogens is 1. The zero-order valence-electron chi connectivity index (χ0n) is 9.66. The van der Waals surface area contributed by atoms with E-state index in [-0.39, 0.29) is 0 Å². The summed E-state index contributed by atoms with van der Waals surface area (Å²) in [4.78, 5) is 4.13. The zero-order valence-corrected chi connectivity index (χ0v) is 9.66. The number of rotatable bonds is 6. The molecule has 1 heterocycles. The van der Waals surface area contributed by atoms with Crippen LogP contribution in [-0.4, -0.2) is 11.0 Å². The Kier molecular flexibility index (Phi) is 5.05. The number of nitrogens with one attached hydrogen (secondary N) is 1. The Morgan fingerprint density at radius 3 is 3.07 bits per heavy atom. The van der Waals surface area contributed by atoms with Crippen LogP contribution in [0.1, 0.15) is 30.9 Å². The van der Waals surface area contributed by atoms with E-state index in [2.05, 4.69) is 30.7 Å². The first-order valence-electron chi connectivity index (χ1n) is 5.47. The van der Waals surface area contributed by atoms with Crippen LogP contribution < -0.4 is 5.32 Å². The van der Waals surface area contributed by atoms with Crippen molar-refractivity contribution in [2.75, 3.05) is 0 Å². The summed E-state index contributed by atoms with van der Waals surface area (Å²) < 4.78 is 0. The van der Waals surface area contributed by atoms with Crippen LogP contribution in [-0.2, 0) is 6.54 Å². The minimum atomic E-state index is 0.530. The number of allylic oxidation sites excluding steroid dienone is 1. The van der Waals surface area contributed by atoms with E-state index < -0.39 is 0 Å². The van der Waals surface area contributed by atoms with Crippen molar-refractivity contribution in [3.05, 3.63) is 42.2 Å². The molecule has 0 fully saturated rings. The predicted molar refractivity (Wildman–Crippen MR) is 64.7 cm³/mol. The molecule has 1 atom stereocenters. The quantitative estimate of drug-likeness (QED) is 0.721. The summed E-state index contributed by atoms with van der Waals surface area (Å²) in [7, 11) is 0. The highest BCUT2D eigenvalue weighted by Crippen LogP contribution is 2.05. The van der Waals surface area contributed by atoms with E-state index >= 15 is 0 Å². The summed E-state index contributed by atoms with van der Waals surface area (Å²) >= 11 is 0. The smallest absolute Gasteiger partial charge is 0.0315 e. The van der Waals surface area contributed by atoms with Gasteiger partial charge >= 0.3 is 0 Å². The maximum atomic E-state index is 4.13. The normalized spacial score (nSPS) is 12.4. The third-order valence-corrected chi connectivity index (χ3v) is 2.59. The second-order valence-electron chi connectivity index (χ2n) is 3.95. The number of pyridine rings is 1. The number of hydrogen-bond donors (Lipinski definition) is 1. The zero-order chi connectivity index (χ0) is 11.1. The lowest BCUT2D eigenvalue weighted by Gasteiger charge is -2.13. The standard InChI is InChI=1S/C13H20N2/c1-4-5-6-12(3)15-10-13-9-14-8-7-11(13)2/h4,7-9,12,15H,1,5-6,10H2,2-3H3. The Morgan fingerprint density at radius 1 is 1.60 bits per heavy atom. The summed E-state index contributed by atoms with van der Waals surface area (Å²) in [6.45, 7) is 8.95. The van der Waals surface area contributed by atoms with Crippen molar-refractivity contribution in [2.24, 2.45) is 0 Å². The monoisotopic (exact) mass is 204 g/mol. The second kappa shape index (κ2) is 6.36. The molecule has 1 aromatic heterocycles. The molecule has 2 nitrogen and oxygen atoms in total. The molecule has 0 aromatic carbocycles. The molecule has 0 saturated heterocycles. The molecule has 0 bridgehead atoms. The van der Waals surface area contributed by atoms with E-state index in [0.717, 1.165) is 19.4 Å². The van der Waals surface area contributed by atoms with Gasteiger partial charge in [0.25, 0.3) is 0 Å². The Balaban J connectivity index is 2.36.